The average molecular weight is 280 g/mol. The molecule has 0 saturated heterocycles. The van der Waals surface area contributed by atoms with Crippen molar-refractivity contribution in [3.63, 3.8) is 0 Å². The molecule has 0 heterocycles. The van der Waals surface area contributed by atoms with Gasteiger partial charge in [-0.1, -0.05) is 49.4 Å². The Morgan fingerprint density at radius 2 is 1.89 bits per heavy atom. The van der Waals surface area contributed by atoms with Crippen molar-refractivity contribution in [3.8, 4) is 0 Å². The van der Waals surface area contributed by atoms with Crippen molar-refractivity contribution in [2.45, 2.75) is 57.9 Å². The molecule has 0 radical (unpaired) electrons. The molecule has 0 aromatic heterocycles. The van der Waals surface area contributed by atoms with Gasteiger partial charge in [0.2, 0.25) is 0 Å². The summed E-state index contributed by atoms with van der Waals surface area (Å²) >= 11 is 5.90. The highest BCUT2D eigenvalue weighted by Gasteiger charge is 2.14. The zero-order valence-electron chi connectivity index (χ0n) is 12.0. The molecule has 0 bridgehead atoms. The van der Waals surface area contributed by atoms with Gasteiger partial charge in [0, 0.05) is 11.1 Å². The van der Waals surface area contributed by atoms with Gasteiger partial charge in [0.05, 0.1) is 0 Å². The smallest absolute Gasteiger partial charge is 0.0406 e. The van der Waals surface area contributed by atoms with Gasteiger partial charge in [-0.25, -0.2) is 0 Å². The first-order valence-electron chi connectivity index (χ1n) is 7.72. The van der Waals surface area contributed by atoms with E-state index in [0.29, 0.717) is 6.04 Å². The minimum Gasteiger partial charge on any atom is -0.314 e. The summed E-state index contributed by atoms with van der Waals surface area (Å²) in [7, 11) is 0. The molecule has 106 valence electrons. The highest BCUT2D eigenvalue weighted by atomic mass is 35.5. The van der Waals surface area contributed by atoms with E-state index in [4.69, 9.17) is 11.6 Å². The first kappa shape index (κ1) is 14.9. The third-order valence-electron chi connectivity index (χ3n) is 4.21. The Bertz CT molecular complexity index is 354. The van der Waals surface area contributed by atoms with Crippen LogP contribution in [0.15, 0.2) is 24.3 Å². The lowest BCUT2D eigenvalue weighted by molar-refractivity contribution is 0.452. The van der Waals surface area contributed by atoms with Gasteiger partial charge in [0.1, 0.15) is 0 Å². The molecule has 0 aliphatic heterocycles. The van der Waals surface area contributed by atoms with Crippen molar-refractivity contribution in [2.24, 2.45) is 5.92 Å². The number of hydrogen-bond acceptors (Lipinski definition) is 1. The maximum atomic E-state index is 5.90. The SMILES string of the molecule is CC(Cc1ccc(Cl)cc1)NCCCC1CCCC1. The van der Waals surface area contributed by atoms with Crippen LogP contribution in [-0.4, -0.2) is 12.6 Å². The number of benzene rings is 1. The van der Waals surface area contributed by atoms with Gasteiger partial charge in [0.15, 0.2) is 0 Å². The summed E-state index contributed by atoms with van der Waals surface area (Å²) in [6.45, 7) is 3.43. The zero-order chi connectivity index (χ0) is 13.5. The van der Waals surface area contributed by atoms with Crippen molar-refractivity contribution in [3.05, 3.63) is 34.9 Å². The van der Waals surface area contributed by atoms with Crippen molar-refractivity contribution in [1.82, 2.24) is 5.32 Å². The number of hydrogen-bond donors (Lipinski definition) is 1. The summed E-state index contributed by atoms with van der Waals surface area (Å²) in [5.74, 6) is 1.02. The normalized spacial score (nSPS) is 17.8. The minimum atomic E-state index is 0.546. The van der Waals surface area contributed by atoms with Crippen LogP contribution in [0.5, 0.6) is 0 Å². The maximum Gasteiger partial charge on any atom is 0.0406 e. The van der Waals surface area contributed by atoms with Crippen LogP contribution in [0, 0.1) is 5.92 Å². The molecule has 2 rings (SSSR count). The summed E-state index contributed by atoms with van der Waals surface area (Å²) in [5.41, 5.74) is 1.36. The van der Waals surface area contributed by atoms with E-state index in [1.165, 1.54) is 44.1 Å². The van der Waals surface area contributed by atoms with Gasteiger partial charge < -0.3 is 5.32 Å². The third-order valence-corrected chi connectivity index (χ3v) is 4.46. The number of halogens is 1. The van der Waals surface area contributed by atoms with E-state index in [2.05, 4.69) is 24.4 Å². The van der Waals surface area contributed by atoms with Crippen LogP contribution in [0.2, 0.25) is 5.02 Å². The lowest BCUT2D eigenvalue weighted by Gasteiger charge is -2.15. The monoisotopic (exact) mass is 279 g/mol. The fraction of sp³-hybridized carbons (Fsp3) is 0.647. The van der Waals surface area contributed by atoms with E-state index in [1.54, 1.807) is 0 Å². The molecule has 1 fully saturated rings. The van der Waals surface area contributed by atoms with Crippen LogP contribution >= 0.6 is 11.6 Å². The van der Waals surface area contributed by atoms with Crippen molar-refractivity contribution < 1.29 is 0 Å². The number of nitrogens with one attached hydrogen (secondary N) is 1. The zero-order valence-corrected chi connectivity index (χ0v) is 12.8. The predicted octanol–water partition coefficient (Wildman–Crippen LogP) is 4.83. The molecule has 1 unspecified atom stereocenters. The molecule has 1 N–H and O–H groups in total. The Kier molecular flexibility index (Phi) is 6.19. The van der Waals surface area contributed by atoms with E-state index in [-0.39, 0.29) is 0 Å². The van der Waals surface area contributed by atoms with Gasteiger partial charge in [-0.05, 0) is 56.3 Å². The van der Waals surface area contributed by atoms with Crippen molar-refractivity contribution >= 4 is 11.6 Å². The van der Waals surface area contributed by atoms with Crippen LogP contribution in [0.25, 0.3) is 0 Å². The molecule has 19 heavy (non-hydrogen) atoms. The lowest BCUT2D eigenvalue weighted by Crippen LogP contribution is -2.29. The fourth-order valence-electron chi connectivity index (χ4n) is 3.08. The van der Waals surface area contributed by atoms with E-state index < -0.39 is 0 Å². The summed E-state index contributed by atoms with van der Waals surface area (Å²) in [5, 5.41) is 4.46. The second-order valence-electron chi connectivity index (χ2n) is 5.98. The Morgan fingerprint density at radius 1 is 1.21 bits per heavy atom. The Balaban J connectivity index is 1.58. The molecule has 1 atom stereocenters. The van der Waals surface area contributed by atoms with E-state index >= 15 is 0 Å². The lowest BCUT2D eigenvalue weighted by atomic mass is 10.0. The highest BCUT2D eigenvalue weighted by Crippen LogP contribution is 2.28. The molecule has 0 spiro atoms. The predicted molar refractivity (Wildman–Crippen MR) is 83.8 cm³/mol. The standard InChI is InChI=1S/C17H26ClN/c1-14(13-16-8-10-17(18)11-9-16)19-12-4-7-15-5-2-3-6-15/h8-11,14-15,19H,2-7,12-13H2,1H3. The van der Waals surface area contributed by atoms with E-state index in [0.717, 1.165) is 23.9 Å². The average Bonchev–Trinajstić information content (AvgIpc) is 2.91. The summed E-state index contributed by atoms with van der Waals surface area (Å²) in [4.78, 5) is 0. The number of rotatable bonds is 7. The Morgan fingerprint density at radius 3 is 2.58 bits per heavy atom. The topological polar surface area (TPSA) is 12.0 Å². The molecule has 1 aromatic carbocycles. The van der Waals surface area contributed by atoms with Gasteiger partial charge in [-0.3, -0.25) is 0 Å². The van der Waals surface area contributed by atoms with Gasteiger partial charge in [0.25, 0.3) is 0 Å². The van der Waals surface area contributed by atoms with Crippen LogP contribution in [0.4, 0.5) is 0 Å². The maximum absolute atomic E-state index is 5.90. The molecular weight excluding hydrogens is 254 g/mol. The molecule has 0 amide bonds. The molecule has 2 heteroatoms. The first-order valence-corrected chi connectivity index (χ1v) is 8.09. The molecule has 1 aliphatic rings. The summed E-state index contributed by atoms with van der Waals surface area (Å²) < 4.78 is 0. The second-order valence-corrected chi connectivity index (χ2v) is 6.41. The van der Waals surface area contributed by atoms with Gasteiger partial charge >= 0.3 is 0 Å². The first-order chi connectivity index (χ1) is 9.24. The van der Waals surface area contributed by atoms with Crippen LogP contribution < -0.4 is 5.32 Å². The van der Waals surface area contributed by atoms with Crippen molar-refractivity contribution in [2.75, 3.05) is 6.54 Å². The van der Waals surface area contributed by atoms with Crippen LogP contribution in [0.3, 0.4) is 0 Å². The minimum absolute atomic E-state index is 0.546. The molecule has 1 aliphatic carbocycles. The van der Waals surface area contributed by atoms with Crippen LogP contribution in [-0.2, 0) is 6.42 Å². The molecule has 1 nitrogen and oxygen atoms in total. The summed E-state index contributed by atoms with van der Waals surface area (Å²) in [6.07, 6.45) is 9.70. The van der Waals surface area contributed by atoms with Crippen molar-refractivity contribution in [1.29, 1.82) is 0 Å². The second kappa shape index (κ2) is 7.91. The Labute approximate surface area is 122 Å². The fourth-order valence-corrected chi connectivity index (χ4v) is 3.21. The van der Waals surface area contributed by atoms with E-state index in [9.17, 15) is 0 Å². The molecule has 1 aromatic rings. The molecule has 1 saturated carbocycles. The highest BCUT2D eigenvalue weighted by molar-refractivity contribution is 6.30. The summed E-state index contributed by atoms with van der Waals surface area (Å²) in [6, 6.07) is 8.75. The molecular formula is C17H26ClN. The third kappa shape index (κ3) is 5.54. The Hall–Kier alpha value is -0.530. The quantitative estimate of drug-likeness (QED) is 0.705. The largest absolute Gasteiger partial charge is 0.314 e. The van der Waals surface area contributed by atoms with Gasteiger partial charge in [-0.2, -0.15) is 0 Å². The van der Waals surface area contributed by atoms with Crippen LogP contribution in [0.1, 0.15) is 51.0 Å². The van der Waals surface area contributed by atoms with E-state index in [1.807, 2.05) is 12.1 Å². The van der Waals surface area contributed by atoms with Gasteiger partial charge in [-0.15, -0.1) is 0 Å².